The number of nitrogens with one attached hydrogen (secondary N) is 2. The maximum absolute atomic E-state index is 12.0. The monoisotopic (exact) mass is 445 g/mol. The minimum Gasteiger partial charge on any atom is -0.497 e. The second-order valence-corrected chi connectivity index (χ2v) is 7.38. The molecule has 3 aromatic carbocycles. The van der Waals surface area contributed by atoms with Crippen LogP contribution >= 0.6 is 0 Å². The number of ether oxygens (including phenoxy) is 2. The van der Waals surface area contributed by atoms with Crippen molar-refractivity contribution in [3.8, 4) is 11.5 Å². The fourth-order valence-electron chi connectivity index (χ4n) is 2.92. The Hall–Kier alpha value is -4.13. The van der Waals surface area contributed by atoms with Crippen LogP contribution in [0.1, 0.15) is 29.5 Å². The van der Waals surface area contributed by atoms with Gasteiger partial charge < -0.3 is 14.8 Å². The number of nitrogens with zero attached hydrogens (tertiary/aromatic N) is 1. The van der Waals surface area contributed by atoms with Gasteiger partial charge in [0, 0.05) is 24.1 Å². The van der Waals surface area contributed by atoms with E-state index >= 15 is 0 Å². The standard InChI is InChI=1S/C26H27N3O4/c1-19-7-9-20(10-8-19)18-33-24-6-4-3-5-21(24)17-27-29-26(31)16-15-25(30)28-22-11-13-23(32-2)14-12-22/h3-14,17H,15-16,18H2,1-2H3,(H,28,30)(H,29,31). The summed E-state index contributed by atoms with van der Waals surface area (Å²) >= 11 is 0. The molecule has 0 atom stereocenters. The summed E-state index contributed by atoms with van der Waals surface area (Å²) in [5.41, 5.74) is 6.09. The lowest BCUT2D eigenvalue weighted by molar-refractivity contribution is -0.124. The summed E-state index contributed by atoms with van der Waals surface area (Å²) in [5, 5.41) is 6.74. The quantitative estimate of drug-likeness (QED) is 0.356. The van der Waals surface area contributed by atoms with Gasteiger partial charge in [-0.2, -0.15) is 5.10 Å². The van der Waals surface area contributed by atoms with Crippen LogP contribution in [0.15, 0.2) is 77.9 Å². The molecule has 0 radical (unpaired) electrons. The molecule has 0 bridgehead atoms. The van der Waals surface area contributed by atoms with Crippen LogP contribution in [-0.2, 0) is 16.2 Å². The smallest absolute Gasteiger partial charge is 0.240 e. The molecular weight excluding hydrogens is 418 g/mol. The Labute approximate surface area is 193 Å². The van der Waals surface area contributed by atoms with E-state index in [1.807, 2.05) is 55.5 Å². The van der Waals surface area contributed by atoms with Crippen LogP contribution in [0.5, 0.6) is 11.5 Å². The first-order valence-electron chi connectivity index (χ1n) is 10.6. The molecule has 2 amide bonds. The molecule has 3 aromatic rings. The van der Waals surface area contributed by atoms with E-state index in [1.165, 1.54) is 11.8 Å². The highest BCUT2D eigenvalue weighted by Gasteiger charge is 2.07. The fourth-order valence-corrected chi connectivity index (χ4v) is 2.92. The van der Waals surface area contributed by atoms with Crippen LogP contribution in [0.2, 0.25) is 0 Å². The number of anilines is 1. The van der Waals surface area contributed by atoms with Gasteiger partial charge in [-0.05, 0) is 48.9 Å². The van der Waals surface area contributed by atoms with Gasteiger partial charge in [0.25, 0.3) is 0 Å². The predicted octanol–water partition coefficient (Wildman–Crippen LogP) is 4.45. The summed E-state index contributed by atoms with van der Waals surface area (Å²) in [6, 6.07) is 22.5. The normalized spacial score (nSPS) is 10.6. The number of amides is 2. The van der Waals surface area contributed by atoms with E-state index in [4.69, 9.17) is 9.47 Å². The van der Waals surface area contributed by atoms with Crippen molar-refractivity contribution >= 4 is 23.7 Å². The number of hydrogen-bond donors (Lipinski definition) is 2. The highest BCUT2D eigenvalue weighted by atomic mass is 16.5. The molecule has 0 spiro atoms. The van der Waals surface area contributed by atoms with Gasteiger partial charge in [-0.25, -0.2) is 5.43 Å². The Balaban J connectivity index is 1.44. The number of aryl methyl sites for hydroxylation is 1. The zero-order valence-corrected chi connectivity index (χ0v) is 18.7. The largest absolute Gasteiger partial charge is 0.497 e. The molecule has 7 heteroatoms. The lowest BCUT2D eigenvalue weighted by Gasteiger charge is -2.09. The van der Waals surface area contributed by atoms with E-state index in [0.717, 1.165) is 11.1 Å². The number of benzene rings is 3. The lowest BCUT2D eigenvalue weighted by atomic mass is 10.1. The van der Waals surface area contributed by atoms with Crippen LogP contribution in [0, 0.1) is 6.92 Å². The van der Waals surface area contributed by atoms with Gasteiger partial charge in [0.05, 0.1) is 13.3 Å². The lowest BCUT2D eigenvalue weighted by Crippen LogP contribution is -2.20. The number of hydrazone groups is 1. The number of carbonyl (C=O) groups is 2. The Morgan fingerprint density at radius 1 is 0.909 bits per heavy atom. The molecule has 2 N–H and O–H groups in total. The average Bonchev–Trinajstić information content (AvgIpc) is 2.83. The zero-order valence-electron chi connectivity index (χ0n) is 18.7. The zero-order chi connectivity index (χ0) is 23.5. The molecule has 170 valence electrons. The van der Waals surface area contributed by atoms with E-state index in [-0.39, 0.29) is 24.7 Å². The van der Waals surface area contributed by atoms with Crippen molar-refractivity contribution < 1.29 is 19.1 Å². The maximum atomic E-state index is 12.0. The Kier molecular flexibility index (Phi) is 8.59. The van der Waals surface area contributed by atoms with Gasteiger partial charge in [0.1, 0.15) is 18.1 Å². The molecular formula is C26H27N3O4. The molecule has 0 saturated carbocycles. The van der Waals surface area contributed by atoms with E-state index < -0.39 is 0 Å². The molecule has 0 aromatic heterocycles. The van der Waals surface area contributed by atoms with Crippen molar-refractivity contribution in [2.45, 2.75) is 26.4 Å². The highest BCUT2D eigenvalue weighted by Crippen LogP contribution is 2.18. The Bertz CT molecular complexity index is 1090. The SMILES string of the molecule is COc1ccc(NC(=O)CCC(=O)NN=Cc2ccccc2OCc2ccc(C)cc2)cc1. The van der Waals surface area contributed by atoms with E-state index in [0.29, 0.717) is 23.8 Å². The van der Waals surface area contributed by atoms with Gasteiger partial charge in [-0.15, -0.1) is 0 Å². The van der Waals surface area contributed by atoms with Gasteiger partial charge in [0.15, 0.2) is 0 Å². The summed E-state index contributed by atoms with van der Waals surface area (Å²) in [7, 11) is 1.58. The second kappa shape index (κ2) is 12.0. The Morgan fingerprint density at radius 3 is 2.33 bits per heavy atom. The van der Waals surface area contributed by atoms with E-state index in [1.54, 1.807) is 31.4 Å². The van der Waals surface area contributed by atoms with Crippen molar-refractivity contribution in [2.75, 3.05) is 12.4 Å². The van der Waals surface area contributed by atoms with E-state index in [9.17, 15) is 9.59 Å². The second-order valence-electron chi connectivity index (χ2n) is 7.38. The van der Waals surface area contributed by atoms with Crippen LogP contribution < -0.4 is 20.2 Å². The number of methoxy groups -OCH3 is 1. The molecule has 0 unspecified atom stereocenters. The summed E-state index contributed by atoms with van der Waals surface area (Å²) in [4.78, 5) is 24.1. The molecule has 3 rings (SSSR count). The minimum absolute atomic E-state index is 0.0187. The predicted molar refractivity (Wildman–Crippen MR) is 129 cm³/mol. The molecule has 0 heterocycles. The van der Waals surface area contributed by atoms with Gasteiger partial charge in [-0.1, -0.05) is 42.0 Å². The number of hydrogen-bond acceptors (Lipinski definition) is 5. The topological polar surface area (TPSA) is 89.0 Å². The maximum Gasteiger partial charge on any atom is 0.240 e. The number of carbonyl (C=O) groups excluding carboxylic acids is 2. The summed E-state index contributed by atoms with van der Waals surface area (Å²) in [6.07, 6.45) is 1.59. The van der Waals surface area contributed by atoms with Crippen LogP contribution in [-0.4, -0.2) is 25.1 Å². The summed E-state index contributed by atoms with van der Waals surface area (Å²) < 4.78 is 11.0. The minimum atomic E-state index is -0.353. The molecule has 0 fully saturated rings. The molecule has 0 aliphatic rings. The molecule has 0 saturated heterocycles. The first-order valence-corrected chi connectivity index (χ1v) is 10.6. The van der Waals surface area contributed by atoms with Crippen molar-refractivity contribution in [2.24, 2.45) is 5.10 Å². The van der Waals surface area contributed by atoms with E-state index in [2.05, 4.69) is 15.8 Å². The first kappa shape index (κ1) is 23.5. The Morgan fingerprint density at radius 2 is 1.61 bits per heavy atom. The van der Waals surface area contributed by atoms with Gasteiger partial charge in [0.2, 0.25) is 11.8 Å². The van der Waals surface area contributed by atoms with Crippen molar-refractivity contribution in [3.05, 3.63) is 89.5 Å². The molecule has 0 aliphatic heterocycles. The molecule has 33 heavy (non-hydrogen) atoms. The van der Waals surface area contributed by atoms with Crippen LogP contribution in [0.3, 0.4) is 0 Å². The fraction of sp³-hybridized carbons (Fsp3) is 0.192. The van der Waals surface area contributed by atoms with Crippen molar-refractivity contribution in [3.63, 3.8) is 0 Å². The molecule has 7 nitrogen and oxygen atoms in total. The van der Waals surface area contributed by atoms with Crippen molar-refractivity contribution in [1.82, 2.24) is 5.43 Å². The van der Waals surface area contributed by atoms with Crippen LogP contribution in [0.25, 0.3) is 0 Å². The average molecular weight is 446 g/mol. The highest BCUT2D eigenvalue weighted by molar-refractivity contribution is 5.93. The van der Waals surface area contributed by atoms with Gasteiger partial charge >= 0.3 is 0 Å². The van der Waals surface area contributed by atoms with Crippen LogP contribution in [0.4, 0.5) is 5.69 Å². The summed E-state index contributed by atoms with van der Waals surface area (Å²) in [6.45, 7) is 2.47. The third kappa shape index (κ3) is 7.81. The number of para-hydroxylation sites is 1. The third-order valence-corrected chi connectivity index (χ3v) is 4.78. The summed E-state index contributed by atoms with van der Waals surface area (Å²) in [5.74, 6) is 0.755. The molecule has 0 aliphatic carbocycles. The number of rotatable bonds is 10. The third-order valence-electron chi connectivity index (χ3n) is 4.78. The first-order chi connectivity index (χ1) is 16.0. The van der Waals surface area contributed by atoms with Crippen molar-refractivity contribution in [1.29, 1.82) is 0 Å². The van der Waals surface area contributed by atoms with Gasteiger partial charge in [-0.3, -0.25) is 9.59 Å².